The van der Waals surface area contributed by atoms with E-state index < -0.39 is 33.4 Å². The third-order valence-corrected chi connectivity index (χ3v) is 12.4. The number of thioether (sulfide) groups is 1. The predicted octanol–water partition coefficient (Wildman–Crippen LogP) is 6.23. The monoisotopic (exact) mass is 667 g/mol. The van der Waals surface area contributed by atoms with Gasteiger partial charge in [0.2, 0.25) is 11.8 Å². The number of fused-ring (bicyclic) bond motifs is 2. The highest BCUT2D eigenvalue weighted by Crippen LogP contribution is 2.72. The first-order chi connectivity index (χ1) is 23.2. The molecule has 2 unspecified atom stereocenters. The molecule has 0 aliphatic carbocycles. The van der Waals surface area contributed by atoms with Crippen LogP contribution in [0.3, 0.4) is 0 Å². The summed E-state index contributed by atoms with van der Waals surface area (Å²) in [5, 5.41) is 12.6. The molecule has 0 radical (unpaired) electrons. The molecule has 48 heavy (non-hydrogen) atoms. The lowest BCUT2D eigenvalue weighted by Crippen LogP contribution is -2.57. The Labute approximate surface area is 287 Å². The number of anilines is 2. The number of hydrogen-bond donors (Lipinski definition) is 1. The van der Waals surface area contributed by atoms with Crippen LogP contribution in [0.4, 0.5) is 11.4 Å². The van der Waals surface area contributed by atoms with Crippen LogP contribution in [0.1, 0.15) is 40.0 Å². The smallest absolute Gasteiger partial charge is 0.251 e. The lowest BCUT2D eigenvalue weighted by Gasteiger charge is -2.39. The number of aliphatic hydroxyl groups excluding tert-OH is 1. The molecule has 0 saturated carbocycles. The normalized spacial score (nSPS) is 26.3. The molecular formula is C39H45N3O5S. The van der Waals surface area contributed by atoms with E-state index in [0.29, 0.717) is 43.0 Å². The van der Waals surface area contributed by atoms with Crippen molar-refractivity contribution in [3.05, 3.63) is 92.0 Å². The maximum atomic E-state index is 15.1. The zero-order chi connectivity index (χ0) is 34.2. The summed E-state index contributed by atoms with van der Waals surface area (Å²) in [4.78, 5) is 49.8. The fraction of sp³-hybridized carbons (Fsp3) is 0.410. The van der Waals surface area contributed by atoms with E-state index in [1.165, 1.54) is 0 Å². The van der Waals surface area contributed by atoms with Crippen LogP contribution in [-0.4, -0.2) is 75.6 Å². The Hall–Kier alpha value is -4.08. The number of nitrogens with zero attached hydrogens (tertiary/aromatic N) is 3. The van der Waals surface area contributed by atoms with Crippen molar-refractivity contribution in [2.45, 2.75) is 61.6 Å². The quantitative estimate of drug-likeness (QED) is 0.218. The molecule has 6 rings (SSSR count). The Morgan fingerprint density at radius 3 is 2.25 bits per heavy atom. The zero-order valence-corrected chi connectivity index (χ0v) is 28.8. The second-order valence-corrected chi connectivity index (χ2v) is 15.0. The molecular weight excluding hydrogens is 623 g/mol. The molecule has 8 nitrogen and oxygen atoms in total. The Balaban J connectivity index is 1.43. The molecule has 3 aromatic rings. The molecule has 3 fully saturated rings. The molecule has 3 aliphatic heterocycles. The molecule has 3 aliphatic rings. The van der Waals surface area contributed by atoms with Gasteiger partial charge < -0.3 is 24.5 Å². The molecule has 6 atom stereocenters. The highest BCUT2D eigenvalue weighted by atomic mass is 32.2. The maximum absolute atomic E-state index is 15.1. The van der Waals surface area contributed by atoms with Crippen molar-refractivity contribution in [3.8, 4) is 5.75 Å². The number of likely N-dealkylation sites (tertiary alicyclic amines) is 1. The van der Waals surface area contributed by atoms with Gasteiger partial charge in [-0.3, -0.25) is 14.4 Å². The number of hydrogen-bond acceptors (Lipinski definition) is 6. The summed E-state index contributed by atoms with van der Waals surface area (Å²) in [7, 11) is 0. The summed E-state index contributed by atoms with van der Waals surface area (Å²) in [6.45, 7) is 14.6. The molecule has 1 spiro atoms. The number of ether oxygens (including phenoxy) is 1. The Morgan fingerprint density at radius 2 is 1.62 bits per heavy atom. The first-order valence-corrected chi connectivity index (χ1v) is 17.7. The van der Waals surface area contributed by atoms with Crippen molar-refractivity contribution in [2.75, 3.05) is 36.1 Å². The molecule has 2 bridgehead atoms. The van der Waals surface area contributed by atoms with Gasteiger partial charge in [0.05, 0.1) is 35.8 Å². The highest BCUT2D eigenvalue weighted by Gasteiger charge is 2.78. The number of aliphatic hydroxyl groups is 1. The number of benzene rings is 3. The van der Waals surface area contributed by atoms with Crippen LogP contribution in [0.2, 0.25) is 0 Å². The van der Waals surface area contributed by atoms with E-state index >= 15 is 4.79 Å². The number of carbonyl (C=O) groups is 3. The van der Waals surface area contributed by atoms with Gasteiger partial charge >= 0.3 is 0 Å². The van der Waals surface area contributed by atoms with Gasteiger partial charge in [-0.2, -0.15) is 0 Å². The van der Waals surface area contributed by atoms with E-state index in [4.69, 9.17) is 4.74 Å². The van der Waals surface area contributed by atoms with Gasteiger partial charge in [0.1, 0.15) is 11.8 Å². The first-order valence-electron chi connectivity index (χ1n) is 16.9. The molecule has 3 saturated heterocycles. The zero-order valence-electron chi connectivity index (χ0n) is 28.0. The molecule has 9 heteroatoms. The van der Waals surface area contributed by atoms with Crippen molar-refractivity contribution >= 4 is 51.6 Å². The van der Waals surface area contributed by atoms with Crippen molar-refractivity contribution in [1.29, 1.82) is 0 Å². The van der Waals surface area contributed by atoms with Gasteiger partial charge in [-0.1, -0.05) is 49.4 Å². The van der Waals surface area contributed by atoms with Crippen LogP contribution in [0.15, 0.2) is 92.0 Å². The molecule has 1 N–H and O–H groups in total. The van der Waals surface area contributed by atoms with E-state index in [1.807, 2.05) is 80.6 Å². The maximum Gasteiger partial charge on any atom is 0.251 e. The second-order valence-electron chi connectivity index (χ2n) is 13.2. The SMILES string of the molecule is C=CCN(C(=O)C1N([C@@H](CC)CO)C(=O)[C@@H]2[C@H](C(=O)N(CC=C)c3ccc(OCC)cc3)[C@]3(C)CCC12S3)c1ccc2ccccc2c1. The van der Waals surface area contributed by atoms with Gasteiger partial charge in [0, 0.05) is 29.2 Å². The molecule has 3 heterocycles. The van der Waals surface area contributed by atoms with Crippen LogP contribution < -0.4 is 14.5 Å². The highest BCUT2D eigenvalue weighted by molar-refractivity contribution is 8.02. The summed E-state index contributed by atoms with van der Waals surface area (Å²) < 4.78 is 4.24. The van der Waals surface area contributed by atoms with Crippen molar-refractivity contribution < 1.29 is 24.2 Å². The lowest BCUT2D eigenvalue weighted by atomic mass is 9.66. The van der Waals surface area contributed by atoms with Crippen LogP contribution >= 0.6 is 11.8 Å². The van der Waals surface area contributed by atoms with Crippen LogP contribution in [0, 0.1) is 11.8 Å². The van der Waals surface area contributed by atoms with E-state index in [9.17, 15) is 14.7 Å². The van der Waals surface area contributed by atoms with E-state index in [1.54, 1.807) is 38.6 Å². The third-order valence-electron chi connectivity index (χ3n) is 10.4. The topological polar surface area (TPSA) is 90.4 Å². The van der Waals surface area contributed by atoms with Gasteiger partial charge in [-0.25, -0.2) is 0 Å². The largest absolute Gasteiger partial charge is 0.494 e. The fourth-order valence-electron chi connectivity index (χ4n) is 8.28. The Bertz CT molecular complexity index is 1720. The molecule has 252 valence electrons. The Morgan fingerprint density at radius 1 is 0.979 bits per heavy atom. The van der Waals surface area contributed by atoms with E-state index in [-0.39, 0.29) is 37.4 Å². The van der Waals surface area contributed by atoms with E-state index in [2.05, 4.69) is 20.1 Å². The first kappa shape index (κ1) is 33.8. The minimum Gasteiger partial charge on any atom is -0.494 e. The molecule has 3 aromatic carbocycles. The predicted molar refractivity (Wildman–Crippen MR) is 193 cm³/mol. The average molecular weight is 668 g/mol. The van der Waals surface area contributed by atoms with Crippen molar-refractivity contribution in [3.63, 3.8) is 0 Å². The molecule has 3 amide bonds. The minimum absolute atomic E-state index is 0.156. The summed E-state index contributed by atoms with van der Waals surface area (Å²) in [6, 6.07) is 19.9. The molecule has 0 aromatic heterocycles. The van der Waals surface area contributed by atoms with Gasteiger partial charge in [-0.05, 0) is 80.3 Å². The number of carbonyl (C=O) groups excluding carboxylic acids is 3. The van der Waals surface area contributed by atoms with Gasteiger partial charge in [-0.15, -0.1) is 24.9 Å². The van der Waals surface area contributed by atoms with Crippen LogP contribution in [0.25, 0.3) is 10.8 Å². The number of rotatable bonds is 13. The second kappa shape index (κ2) is 13.4. The van der Waals surface area contributed by atoms with Gasteiger partial charge in [0.25, 0.3) is 5.91 Å². The summed E-state index contributed by atoms with van der Waals surface area (Å²) in [5.41, 5.74) is 1.41. The minimum atomic E-state index is -0.860. The lowest BCUT2D eigenvalue weighted by molar-refractivity contribution is -0.142. The standard InChI is InChI=1S/C39H45N3O5S/c1-6-22-40(29-16-18-31(19-17-29)47-9-4)35(44)32-33-36(45)42(28(8-3)25-43)34(39(33)21-20-38(32,5)48-39)37(46)41(23-7-2)30-15-14-26-12-10-11-13-27(26)24-30/h6-7,10-19,24,28,32-34,43H,1-2,8-9,20-23,25H2,3-5H3/t28-,32+,33-,34?,38-,39?/m0/s1. The van der Waals surface area contributed by atoms with Gasteiger partial charge in [0.15, 0.2) is 0 Å². The van der Waals surface area contributed by atoms with Crippen LogP contribution in [-0.2, 0) is 14.4 Å². The summed E-state index contributed by atoms with van der Waals surface area (Å²) in [6.07, 6.45) is 5.17. The third kappa shape index (κ3) is 5.41. The van der Waals surface area contributed by atoms with Crippen LogP contribution in [0.5, 0.6) is 5.75 Å². The van der Waals surface area contributed by atoms with Crippen molar-refractivity contribution in [2.24, 2.45) is 11.8 Å². The fourth-order valence-corrected chi connectivity index (χ4v) is 10.6. The Kier molecular flexibility index (Phi) is 9.46. The van der Waals surface area contributed by atoms with E-state index in [0.717, 1.165) is 10.8 Å². The van der Waals surface area contributed by atoms with Crippen molar-refractivity contribution in [1.82, 2.24) is 4.90 Å². The average Bonchev–Trinajstić information content (AvgIpc) is 3.67. The summed E-state index contributed by atoms with van der Waals surface area (Å²) in [5.74, 6) is -1.28. The summed E-state index contributed by atoms with van der Waals surface area (Å²) >= 11 is 1.63. The number of amides is 3.